The standard InChI is InChI=1S/C21H29N3OS/c1-16-6-4-7-19(14-16)24-12-10-23(11-13-24)9-5-8-22-21(25)20-15-17(2)18(3)26-20/h4,6-7,14-15H,5,8-13H2,1-3H3,(H,22,25). The fourth-order valence-electron chi connectivity index (χ4n) is 3.33. The Kier molecular flexibility index (Phi) is 6.33. The van der Waals surface area contributed by atoms with E-state index in [-0.39, 0.29) is 5.91 Å². The highest BCUT2D eigenvalue weighted by Crippen LogP contribution is 2.20. The van der Waals surface area contributed by atoms with E-state index >= 15 is 0 Å². The molecule has 140 valence electrons. The molecule has 1 aromatic heterocycles. The summed E-state index contributed by atoms with van der Waals surface area (Å²) >= 11 is 1.58. The van der Waals surface area contributed by atoms with Crippen molar-refractivity contribution in [3.05, 3.63) is 51.2 Å². The van der Waals surface area contributed by atoms with E-state index in [1.165, 1.54) is 21.7 Å². The molecule has 0 spiro atoms. The summed E-state index contributed by atoms with van der Waals surface area (Å²) in [6, 6.07) is 10.7. The summed E-state index contributed by atoms with van der Waals surface area (Å²) in [5, 5.41) is 3.05. The van der Waals surface area contributed by atoms with Crippen molar-refractivity contribution in [2.24, 2.45) is 0 Å². The molecule has 1 aromatic carbocycles. The van der Waals surface area contributed by atoms with Gasteiger partial charge in [-0.3, -0.25) is 9.69 Å². The van der Waals surface area contributed by atoms with Crippen LogP contribution in [0.25, 0.3) is 0 Å². The van der Waals surface area contributed by atoms with Gasteiger partial charge in [-0.25, -0.2) is 0 Å². The summed E-state index contributed by atoms with van der Waals surface area (Å²) in [5.74, 6) is 0.0652. The third kappa shape index (κ3) is 4.86. The van der Waals surface area contributed by atoms with Gasteiger partial charge >= 0.3 is 0 Å². The molecule has 1 saturated heterocycles. The van der Waals surface area contributed by atoms with Gasteiger partial charge in [0.05, 0.1) is 4.88 Å². The lowest BCUT2D eigenvalue weighted by molar-refractivity contribution is 0.0955. The molecular formula is C21H29N3OS. The average molecular weight is 372 g/mol. The van der Waals surface area contributed by atoms with Crippen LogP contribution in [-0.4, -0.2) is 50.1 Å². The van der Waals surface area contributed by atoms with Crippen molar-refractivity contribution in [3.8, 4) is 0 Å². The first kappa shape index (κ1) is 18.9. The lowest BCUT2D eigenvalue weighted by atomic mass is 10.2. The molecule has 1 aliphatic heterocycles. The second-order valence-corrected chi connectivity index (χ2v) is 8.38. The topological polar surface area (TPSA) is 35.6 Å². The third-order valence-corrected chi connectivity index (χ3v) is 6.22. The normalized spacial score (nSPS) is 15.3. The number of rotatable bonds is 6. The van der Waals surface area contributed by atoms with Crippen molar-refractivity contribution < 1.29 is 4.79 Å². The first-order valence-corrected chi connectivity index (χ1v) is 10.2. The Hall–Kier alpha value is -1.85. The summed E-state index contributed by atoms with van der Waals surface area (Å²) in [7, 11) is 0. The number of amides is 1. The van der Waals surface area contributed by atoms with Crippen molar-refractivity contribution >= 4 is 22.9 Å². The van der Waals surface area contributed by atoms with Crippen LogP contribution in [0.2, 0.25) is 0 Å². The molecule has 0 aliphatic carbocycles. The molecule has 4 nitrogen and oxygen atoms in total. The third-order valence-electron chi connectivity index (χ3n) is 5.07. The molecule has 0 radical (unpaired) electrons. The molecule has 0 bridgehead atoms. The number of carbonyl (C=O) groups is 1. The number of benzene rings is 1. The van der Waals surface area contributed by atoms with Gasteiger partial charge in [0.1, 0.15) is 0 Å². The van der Waals surface area contributed by atoms with Gasteiger partial charge < -0.3 is 10.2 Å². The number of aryl methyl sites for hydroxylation is 3. The Morgan fingerprint density at radius 3 is 2.54 bits per heavy atom. The minimum atomic E-state index is 0.0652. The van der Waals surface area contributed by atoms with Gasteiger partial charge in [0, 0.05) is 43.3 Å². The van der Waals surface area contributed by atoms with Crippen molar-refractivity contribution in [1.82, 2.24) is 10.2 Å². The van der Waals surface area contributed by atoms with Gasteiger partial charge in [-0.2, -0.15) is 0 Å². The number of hydrogen-bond donors (Lipinski definition) is 1. The second-order valence-electron chi connectivity index (χ2n) is 7.13. The van der Waals surface area contributed by atoms with Gasteiger partial charge in [0.2, 0.25) is 0 Å². The molecule has 0 atom stereocenters. The molecule has 2 heterocycles. The maximum Gasteiger partial charge on any atom is 0.261 e. The molecule has 1 aliphatic rings. The molecule has 26 heavy (non-hydrogen) atoms. The highest BCUT2D eigenvalue weighted by molar-refractivity contribution is 7.14. The van der Waals surface area contributed by atoms with Crippen molar-refractivity contribution in [2.75, 3.05) is 44.2 Å². The van der Waals surface area contributed by atoms with E-state index in [4.69, 9.17) is 0 Å². The Balaban J connectivity index is 1.36. The summed E-state index contributed by atoms with van der Waals surface area (Å²) < 4.78 is 0. The van der Waals surface area contributed by atoms with Gasteiger partial charge in [-0.15, -0.1) is 11.3 Å². The van der Waals surface area contributed by atoms with Gasteiger partial charge in [0.15, 0.2) is 0 Å². The minimum absolute atomic E-state index is 0.0652. The zero-order chi connectivity index (χ0) is 18.5. The van der Waals surface area contributed by atoms with Crippen LogP contribution in [-0.2, 0) is 0 Å². The predicted molar refractivity (Wildman–Crippen MR) is 111 cm³/mol. The molecule has 5 heteroatoms. The fourth-order valence-corrected chi connectivity index (χ4v) is 4.28. The fraction of sp³-hybridized carbons (Fsp3) is 0.476. The van der Waals surface area contributed by atoms with Crippen LogP contribution in [0.5, 0.6) is 0 Å². The molecule has 1 amide bonds. The number of hydrogen-bond acceptors (Lipinski definition) is 4. The highest BCUT2D eigenvalue weighted by atomic mass is 32.1. The number of piperazine rings is 1. The van der Waals surface area contributed by atoms with Crippen LogP contribution in [0.3, 0.4) is 0 Å². The quantitative estimate of drug-likeness (QED) is 0.788. The zero-order valence-electron chi connectivity index (χ0n) is 16.0. The van der Waals surface area contributed by atoms with E-state index in [1.807, 2.05) is 6.07 Å². The summed E-state index contributed by atoms with van der Waals surface area (Å²) in [5.41, 5.74) is 3.85. The number of nitrogens with one attached hydrogen (secondary N) is 1. The van der Waals surface area contributed by atoms with E-state index in [0.29, 0.717) is 0 Å². The van der Waals surface area contributed by atoms with Crippen LogP contribution < -0.4 is 10.2 Å². The summed E-state index contributed by atoms with van der Waals surface area (Å²) in [6.07, 6.45) is 1.000. The van der Waals surface area contributed by atoms with Crippen LogP contribution in [0.15, 0.2) is 30.3 Å². The van der Waals surface area contributed by atoms with Crippen molar-refractivity contribution in [2.45, 2.75) is 27.2 Å². The summed E-state index contributed by atoms with van der Waals surface area (Å²) in [6.45, 7) is 12.4. The molecule has 0 saturated carbocycles. The molecule has 0 unspecified atom stereocenters. The molecule has 2 aromatic rings. The number of nitrogens with zero attached hydrogens (tertiary/aromatic N) is 2. The average Bonchev–Trinajstić information content (AvgIpc) is 2.98. The summed E-state index contributed by atoms with van der Waals surface area (Å²) in [4.78, 5) is 19.2. The van der Waals surface area contributed by atoms with Crippen LogP contribution in [0.4, 0.5) is 5.69 Å². The maximum atomic E-state index is 12.2. The van der Waals surface area contributed by atoms with Crippen LogP contribution >= 0.6 is 11.3 Å². The van der Waals surface area contributed by atoms with E-state index in [0.717, 1.165) is 50.6 Å². The van der Waals surface area contributed by atoms with Crippen molar-refractivity contribution in [1.29, 1.82) is 0 Å². The lowest BCUT2D eigenvalue weighted by Gasteiger charge is -2.36. The molecule has 3 rings (SSSR count). The largest absolute Gasteiger partial charge is 0.369 e. The van der Waals surface area contributed by atoms with E-state index in [1.54, 1.807) is 11.3 Å². The first-order valence-electron chi connectivity index (χ1n) is 9.42. The Morgan fingerprint density at radius 2 is 1.88 bits per heavy atom. The molecule has 1 N–H and O–H groups in total. The van der Waals surface area contributed by atoms with Gasteiger partial charge in [0.25, 0.3) is 5.91 Å². The van der Waals surface area contributed by atoms with Crippen molar-refractivity contribution in [3.63, 3.8) is 0 Å². The number of carbonyl (C=O) groups excluding carboxylic acids is 1. The van der Waals surface area contributed by atoms with Gasteiger partial charge in [-0.1, -0.05) is 12.1 Å². The van der Waals surface area contributed by atoms with E-state index in [9.17, 15) is 4.79 Å². The first-order chi connectivity index (χ1) is 12.5. The molecular weight excluding hydrogens is 342 g/mol. The number of thiophene rings is 1. The maximum absolute atomic E-state index is 12.2. The Morgan fingerprint density at radius 1 is 1.12 bits per heavy atom. The van der Waals surface area contributed by atoms with Crippen LogP contribution in [0, 0.1) is 20.8 Å². The minimum Gasteiger partial charge on any atom is -0.369 e. The van der Waals surface area contributed by atoms with Crippen LogP contribution in [0.1, 0.15) is 32.1 Å². The van der Waals surface area contributed by atoms with Gasteiger partial charge in [-0.05, 0) is 63.1 Å². The lowest BCUT2D eigenvalue weighted by Crippen LogP contribution is -2.47. The number of anilines is 1. The van der Waals surface area contributed by atoms with E-state index < -0.39 is 0 Å². The zero-order valence-corrected chi connectivity index (χ0v) is 16.9. The van der Waals surface area contributed by atoms with E-state index in [2.05, 4.69) is 60.2 Å². The Bertz CT molecular complexity index is 728. The highest BCUT2D eigenvalue weighted by Gasteiger charge is 2.17. The Labute approximate surface area is 160 Å². The SMILES string of the molecule is Cc1cccc(N2CCN(CCCNC(=O)c3cc(C)c(C)s3)CC2)c1. The molecule has 1 fully saturated rings. The smallest absolute Gasteiger partial charge is 0.261 e. The second kappa shape index (κ2) is 8.69. The monoisotopic (exact) mass is 371 g/mol. The predicted octanol–water partition coefficient (Wildman–Crippen LogP) is 3.62.